The Balaban J connectivity index is 1.48. The zero-order chi connectivity index (χ0) is 19.3. The summed E-state index contributed by atoms with van der Waals surface area (Å²) in [5, 5.41) is 33.1. The van der Waals surface area contributed by atoms with Crippen LogP contribution in [-0.2, 0) is 4.74 Å². The number of hydrogen-bond acceptors (Lipinski definition) is 9. The Kier molecular flexibility index (Phi) is 4.27. The third kappa shape index (κ3) is 2.85. The summed E-state index contributed by atoms with van der Waals surface area (Å²) in [6.07, 6.45) is 2.62. The molecule has 10 heteroatoms. The third-order valence-electron chi connectivity index (χ3n) is 5.39. The van der Waals surface area contributed by atoms with Gasteiger partial charge in [-0.3, -0.25) is 4.57 Å². The summed E-state index contributed by atoms with van der Waals surface area (Å²) in [7, 11) is 0. The molecule has 0 amide bonds. The van der Waals surface area contributed by atoms with Gasteiger partial charge in [-0.15, -0.1) is 0 Å². The second-order valence-corrected chi connectivity index (χ2v) is 7.25. The summed E-state index contributed by atoms with van der Waals surface area (Å²) >= 11 is 0. The van der Waals surface area contributed by atoms with Crippen LogP contribution < -0.4 is 5.32 Å². The molecule has 4 N–H and O–H groups in total. The fourth-order valence-corrected chi connectivity index (χ4v) is 3.72. The molecule has 0 radical (unpaired) electrons. The van der Waals surface area contributed by atoms with Crippen LogP contribution >= 0.6 is 0 Å². The standard InChI is InChI=1S/C18H21N5O5/c24-6-11-14(25)15(26)18(28-11)23-8-21-13-16(19-7-20-17(13)23)22-12(9-3-4-9)10-2-1-5-27-10/h1-2,5,7-9,11-12,14-15,18,24-26H,3-4,6H2,(H,19,20,22)/t11-,12?,14-,15-,18-/m1/s1. The molecular formula is C18H21N5O5. The fourth-order valence-electron chi connectivity index (χ4n) is 3.72. The van der Waals surface area contributed by atoms with E-state index in [1.807, 2.05) is 12.1 Å². The van der Waals surface area contributed by atoms with Crippen molar-refractivity contribution < 1.29 is 24.5 Å². The molecule has 2 fully saturated rings. The summed E-state index contributed by atoms with van der Waals surface area (Å²) < 4.78 is 12.7. The summed E-state index contributed by atoms with van der Waals surface area (Å²) in [6, 6.07) is 3.79. The van der Waals surface area contributed by atoms with Gasteiger partial charge in [0, 0.05) is 0 Å². The fraction of sp³-hybridized carbons (Fsp3) is 0.500. The van der Waals surface area contributed by atoms with Crippen molar-refractivity contribution in [2.24, 2.45) is 5.92 Å². The molecule has 5 rings (SSSR count). The average Bonchev–Trinajstić information content (AvgIpc) is 3.11. The Hall–Kier alpha value is -2.53. The molecular weight excluding hydrogens is 366 g/mol. The minimum absolute atomic E-state index is 0.00726. The molecule has 0 bridgehead atoms. The van der Waals surface area contributed by atoms with Crippen LogP contribution in [0.1, 0.15) is 30.9 Å². The van der Waals surface area contributed by atoms with Gasteiger partial charge in [0.1, 0.15) is 30.4 Å². The SMILES string of the molecule is OC[C@H]1O[C@@H](n2cnc3c(NC(c4ccco4)C4CC4)ncnc32)[C@H](O)[C@@H]1O. The van der Waals surface area contributed by atoms with Gasteiger partial charge in [0.15, 0.2) is 23.2 Å². The Bertz CT molecular complexity index is 957. The molecule has 2 aliphatic rings. The van der Waals surface area contributed by atoms with E-state index >= 15 is 0 Å². The number of aromatic nitrogens is 4. The Morgan fingerprint density at radius 1 is 1.21 bits per heavy atom. The van der Waals surface area contributed by atoms with E-state index in [2.05, 4.69) is 20.3 Å². The smallest absolute Gasteiger partial charge is 0.167 e. The van der Waals surface area contributed by atoms with E-state index in [0.29, 0.717) is 22.9 Å². The largest absolute Gasteiger partial charge is 0.467 e. The van der Waals surface area contributed by atoms with Crippen molar-refractivity contribution in [1.82, 2.24) is 19.5 Å². The zero-order valence-electron chi connectivity index (χ0n) is 14.9. The van der Waals surface area contributed by atoms with Gasteiger partial charge in [0.25, 0.3) is 0 Å². The van der Waals surface area contributed by atoms with E-state index < -0.39 is 31.1 Å². The molecule has 1 unspecified atom stereocenters. The first kappa shape index (κ1) is 17.6. The highest BCUT2D eigenvalue weighted by molar-refractivity contribution is 5.83. The maximum Gasteiger partial charge on any atom is 0.167 e. The van der Waals surface area contributed by atoms with Crippen molar-refractivity contribution >= 4 is 17.0 Å². The van der Waals surface area contributed by atoms with Crippen molar-refractivity contribution in [3.05, 3.63) is 36.8 Å². The highest BCUT2D eigenvalue weighted by Crippen LogP contribution is 2.43. The number of hydrogen-bond donors (Lipinski definition) is 4. The molecule has 5 atom stereocenters. The number of furan rings is 1. The van der Waals surface area contributed by atoms with E-state index in [-0.39, 0.29) is 6.04 Å². The molecule has 148 valence electrons. The molecule has 0 aromatic carbocycles. The minimum Gasteiger partial charge on any atom is -0.467 e. The van der Waals surface area contributed by atoms with Crippen LogP contribution in [0, 0.1) is 5.92 Å². The van der Waals surface area contributed by atoms with Crippen molar-refractivity contribution in [3.63, 3.8) is 0 Å². The summed E-state index contributed by atoms with van der Waals surface area (Å²) in [4.78, 5) is 13.0. The van der Waals surface area contributed by atoms with E-state index in [0.717, 1.165) is 18.6 Å². The second kappa shape index (κ2) is 6.82. The number of nitrogens with zero attached hydrogens (tertiary/aromatic N) is 4. The molecule has 4 heterocycles. The van der Waals surface area contributed by atoms with Gasteiger partial charge in [0.05, 0.1) is 25.2 Å². The van der Waals surface area contributed by atoms with Crippen LogP contribution in [0.15, 0.2) is 35.5 Å². The zero-order valence-corrected chi connectivity index (χ0v) is 14.9. The predicted molar refractivity (Wildman–Crippen MR) is 96.1 cm³/mol. The van der Waals surface area contributed by atoms with E-state index in [1.54, 1.807) is 10.8 Å². The van der Waals surface area contributed by atoms with Gasteiger partial charge in [-0.2, -0.15) is 0 Å². The number of fused-ring (bicyclic) bond motifs is 1. The van der Waals surface area contributed by atoms with Crippen LogP contribution in [-0.4, -0.2) is 59.8 Å². The number of anilines is 1. The van der Waals surface area contributed by atoms with Gasteiger partial charge in [0.2, 0.25) is 0 Å². The monoisotopic (exact) mass is 387 g/mol. The molecule has 0 spiro atoms. The minimum atomic E-state index is -1.21. The highest BCUT2D eigenvalue weighted by atomic mass is 16.6. The summed E-state index contributed by atoms with van der Waals surface area (Å²) in [5.74, 6) is 1.87. The van der Waals surface area contributed by atoms with Crippen molar-refractivity contribution in [2.45, 2.75) is 43.4 Å². The highest BCUT2D eigenvalue weighted by Gasteiger charge is 2.44. The summed E-state index contributed by atoms with van der Waals surface area (Å²) in [6.45, 7) is -0.393. The molecule has 1 aliphatic heterocycles. The van der Waals surface area contributed by atoms with E-state index in [9.17, 15) is 15.3 Å². The van der Waals surface area contributed by atoms with Gasteiger partial charge in [-0.05, 0) is 30.9 Å². The van der Waals surface area contributed by atoms with Crippen LogP contribution in [0.4, 0.5) is 5.82 Å². The number of aliphatic hydroxyl groups is 3. The molecule has 3 aromatic rings. The molecule has 10 nitrogen and oxygen atoms in total. The number of ether oxygens (including phenoxy) is 1. The molecule has 28 heavy (non-hydrogen) atoms. The normalized spacial score (nSPS) is 28.7. The first-order valence-electron chi connectivity index (χ1n) is 9.27. The molecule has 1 saturated heterocycles. The molecule has 1 aliphatic carbocycles. The average molecular weight is 387 g/mol. The summed E-state index contributed by atoms with van der Waals surface area (Å²) in [5.41, 5.74) is 0.985. The second-order valence-electron chi connectivity index (χ2n) is 7.25. The van der Waals surface area contributed by atoms with Crippen LogP contribution in [0.25, 0.3) is 11.2 Å². The maximum atomic E-state index is 10.3. The topological polar surface area (TPSA) is 139 Å². The lowest BCUT2D eigenvalue weighted by molar-refractivity contribution is -0.0511. The predicted octanol–water partition coefficient (Wildman–Crippen LogP) is 0.594. The number of rotatable bonds is 6. The molecule has 3 aromatic heterocycles. The third-order valence-corrected chi connectivity index (χ3v) is 5.39. The van der Waals surface area contributed by atoms with Crippen LogP contribution in [0.2, 0.25) is 0 Å². The first-order valence-corrected chi connectivity index (χ1v) is 9.27. The van der Waals surface area contributed by atoms with Crippen LogP contribution in [0.3, 0.4) is 0 Å². The van der Waals surface area contributed by atoms with Crippen LogP contribution in [0.5, 0.6) is 0 Å². The lowest BCUT2D eigenvalue weighted by atomic mass is 10.1. The van der Waals surface area contributed by atoms with Gasteiger partial charge >= 0.3 is 0 Å². The first-order chi connectivity index (χ1) is 13.7. The van der Waals surface area contributed by atoms with Crippen molar-refractivity contribution in [3.8, 4) is 0 Å². The number of imidazole rings is 1. The van der Waals surface area contributed by atoms with E-state index in [1.165, 1.54) is 12.7 Å². The Morgan fingerprint density at radius 2 is 2.07 bits per heavy atom. The Morgan fingerprint density at radius 3 is 2.75 bits per heavy atom. The maximum absolute atomic E-state index is 10.3. The van der Waals surface area contributed by atoms with Gasteiger partial charge < -0.3 is 29.8 Å². The number of aliphatic hydroxyl groups excluding tert-OH is 3. The van der Waals surface area contributed by atoms with Crippen molar-refractivity contribution in [1.29, 1.82) is 0 Å². The molecule has 1 saturated carbocycles. The quantitative estimate of drug-likeness (QED) is 0.479. The number of nitrogens with one attached hydrogen (secondary N) is 1. The lowest BCUT2D eigenvalue weighted by Gasteiger charge is -2.18. The van der Waals surface area contributed by atoms with Crippen molar-refractivity contribution in [2.75, 3.05) is 11.9 Å². The Labute approximate surface area is 159 Å². The van der Waals surface area contributed by atoms with Gasteiger partial charge in [-0.25, -0.2) is 15.0 Å². The van der Waals surface area contributed by atoms with Gasteiger partial charge in [-0.1, -0.05) is 0 Å². The van der Waals surface area contributed by atoms with E-state index in [4.69, 9.17) is 9.15 Å². The lowest BCUT2D eigenvalue weighted by Crippen LogP contribution is -2.33.